The van der Waals surface area contributed by atoms with Gasteiger partial charge in [-0.1, -0.05) is 0 Å². The summed E-state index contributed by atoms with van der Waals surface area (Å²) in [6, 6.07) is 13.1. The van der Waals surface area contributed by atoms with Crippen LogP contribution in [-0.2, 0) is 5.11 Å². The Morgan fingerprint density at radius 2 is 1.89 bits per heavy atom. The third-order valence-electron chi connectivity index (χ3n) is 2.78. The molecule has 0 saturated carbocycles. The van der Waals surface area contributed by atoms with Crippen LogP contribution in [0.4, 0.5) is 5.69 Å². The normalized spacial score (nSPS) is 10.7. The Hall–Kier alpha value is -2.07. The van der Waals surface area contributed by atoms with Crippen molar-refractivity contribution in [3.8, 4) is 16.3 Å². The highest BCUT2D eigenvalue weighted by atomic mass is 32.1. The Balaban J connectivity index is 2.07. The largest absolute Gasteiger partial charge is 0.388 e. The van der Waals surface area contributed by atoms with Crippen LogP contribution in [0.1, 0.15) is 0 Å². The lowest BCUT2D eigenvalue weighted by Gasteiger charge is -2.00. The van der Waals surface area contributed by atoms with Gasteiger partial charge in [0.05, 0.1) is 10.2 Å². The van der Waals surface area contributed by atoms with Crippen molar-refractivity contribution < 1.29 is 5.11 Å². The zero-order valence-corrected chi connectivity index (χ0v) is 10.6. The van der Waals surface area contributed by atoms with Gasteiger partial charge in [-0.2, -0.15) is 0 Å². The minimum absolute atomic E-state index is 0.0308. The molecule has 18 heavy (non-hydrogen) atoms. The van der Waals surface area contributed by atoms with E-state index in [1.165, 1.54) is 0 Å². The number of rotatable bonds is 2. The summed E-state index contributed by atoms with van der Waals surface area (Å²) in [7, 11) is 1.89. The molecule has 3 nitrogen and oxygen atoms in total. The van der Waals surface area contributed by atoms with Crippen molar-refractivity contribution in [3.63, 3.8) is 0 Å². The molecular weight excluding hydrogens is 244 g/mol. The molecule has 2 aromatic carbocycles. The van der Waals surface area contributed by atoms with Crippen LogP contribution in [0.15, 0.2) is 42.5 Å². The highest BCUT2D eigenvalue weighted by Gasteiger charge is 2.07. The first kappa shape index (κ1) is 11.0. The van der Waals surface area contributed by atoms with Crippen LogP contribution in [0.5, 0.6) is 5.75 Å². The van der Waals surface area contributed by atoms with E-state index in [2.05, 4.69) is 10.3 Å². The molecule has 0 aliphatic rings. The monoisotopic (exact) mass is 255 g/mol. The number of fused-ring (bicyclic) bond motifs is 1. The molecule has 3 rings (SSSR count). The lowest BCUT2D eigenvalue weighted by atomic mass is 10.2. The molecule has 0 aliphatic carbocycles. The number of benzene rings is 2. The van der Waals surface area contributed by atoms with Gasteiger partial charge < -0.3 is 5.32 Å². The molecule has 1 heterocycles. The van der Waals surface area contributed by atoms with Crippen molar-refractivity contribution in [2.24, 2.45) is 0 Å². The van der Waals surface area contributed by atoms with Gasteiger partial charge in [-0.3, -0.25) is 5.11 Å². The molecule has 0 aliphatic heterocycles. The number of hydrogen-bond acceptors (Lipinski definition) is 3. The second kappa shape index (κ2) is 4.31. The summed E-state index contributed by atoms with van der Waals surface area (Å²) >= 11 is 1.55. The Morgan fingerprint density at radius 3 is 2.61 bits per heavy atom. The maximum Gasteiger partial charge on any atom is 0.180 e. The second-order valence-corrected chi connectivity index (χ2v) is 5.01. The maximum atomic E-state index is 11.3. The zero-order valence-electron chi connectivity index (χ0n) is 9.81. The standard InChI is InChI=1S/C14H11N2OS/c1-15-10-4-2-9(3-5-10)14-16-12-7-6-11(17)8-13(12)18-14/h2-8,15H,1H3. The molecule has 0 amide bonds. The van der Waals surface area contributed by atoms with Crippen molar-refractivity contribution in [2.45, 2.75) is 0 Å². The highest BCUT2D eigenvalue weighted by molar-refractivity contribution is 7.21. The van der Waals surface area contributed by atoms with Gasteiger partial charge in [0.1, 0.15) is 5.01 Å². The molecule has 1 N–H and O–H groups in total. The molecule has 0 atom stereocenters. The summed E-state index contributed by atoms with van der Waals surface area (Å²) in [6.07, 6.45) is 0. The number of nitrogens with zero attached hydrogens (tertiary/aromatic N) is 1. The maximum absolute atomic E-state index is 11.3. The quantitative estimate of drug-likeness (QED) is 0.747. The van der Waals surface area contributed by atoms with Crippen LogP contribution in [0.25, 0.3) is 20.8 Å². The number of aromatic nitrogens is 1. The second-order valence-electron chi connectivity index (χ2n) is 3.98. The smallest absolute Gasteiger partial charge is 0.180 e. The molecule has 1 aromatic heterocycles. The summed E-state index contributed by atoms with van der Waals surface area (Å²) < 4.78 is 0.940. The molecule has 0 saturated heterocycles. The summed E-state index contributed by atoms with van der Waals surface area (Å²) in [5, 5.41) is 15.3. The van der Waals surface area contributed by atoms with E-state index in [0.717, 1.165) is 26.5 Å². The first-order valence-corrected chi connectivity index (χ1v) is 6.44. The van der Waals surface area contributed by atoms with Gasteiger partial charge in [0.25, 0.3) is 0 Å². The van der Waals surface area contributed by atoms with Crippen LogP contribution in [0.2, 0.25) is 0 Å². The Labute approximate surface area is 109 Å². The van der Waals surface area contributed by atoms with Crippen molar-refractivity contribution >= 4 is 27.2 Å². The van der Waals surface area contributed by atoms with E-state index < -0.39 is 0 Å². The number of nitrogens with one attached hydrogen (secondary N) is 1. The molecule has 3 aromatic rings. The van der Waals surface area contributed by atoms with Gasteiger partial charge in [0.2, 0.25) is 0 Å². The topological polar surface area (TPSA) is 44.8 Å². The summed E-state index contributed by atoms with van der Waals surface area (Å²) in [5.41, 5.74) is 3.02. The lowest BCUT2D eigenvalue weighted by molar-refractivity contribution is 0.355. The van der Waals surface area contributed by atoms with Crippen LogP contribution >= 0.6 is 11.3 Å². The van der Waals surface area contributed by atoms with Crippen molar-refractivity contribution in [2.75, 3.05) is 12.4 Å². The Morgan fingerprint density at radius 1 is 1.11 bits per heavy atom. The van der Waals surface area contributed by atoms with Crippen molar-refractivity contribution in [1.82, 2.24) is 4.98 Å². The predicted molar refractivity (Wildman–Crippen MR) is 74.7 cm³/mol. The minimum Gasteiger partial charge on any atom is -0.388 e. The first-order valence-electron chi connectivity index (χ1n) is 5.62. The van der Waals surface area contributed by atoms with Gasteiger partial charge in [-0.05, 0) is 36.4 Å². The van der Waals surface area contributed by atoms with Gasteiger partial charge in [-0.25, -0.2) is 4.98 Å². The molecule has 0 unspecified atom stereocenters. The third-order valence-corrected chi connectivity index (χ3v) is 3.85. The Kier molecular flexibility index (Phi) is 2.64. The molecular formula is C14H11N2OS. The van der Waals surface area contributed by atoms with E-state index in [1.54, 1.807) is 29.5 Å². The number of anilines is 1. The molecule has 0 spiro atoms. The average molecular weight is 255 g/mol. The van der Waals surface area contributed by atoms with E-state index >= 15 is 0 Å². The van der Waals surface area contributed by atoms with Gasteiger partial charge in [0, 0.05) is 24.4 Å². The van der Waals surface area contributed by atoms with Gasteiger partial charge >= 0.3 is 0 Å². The van der Waals surface area contributed by atoms with E-state index in [4.69, 9.17) is 0 Å². The van der Waals surface area contributed by atoms with Crippen molar-refractivity contribution in [3.05, 3.63) is 42.5 Å². The predicted octanol–water partition coefficient (Wildman–Crippen LogP) is 4.15. The molecule has 0 bridgehead atoms. The molecule has 89 valence electrons. The third kappa shape index (κ3) is 1.91. The summed E-state index contributed by atoms with van der Waals surface area (Å²) in [6.45, 7) is 0. The SMILES string of the molecule is CNc1ccc(-c2nc3ccc([O])cc3s2)cc1. The first-order chi connectivity index (χ1) is 8.76. The van der Waals surface area contributed by atoms with Crippen molar-refractivity contribution in [1.29, 1.82) is 0 Å². The summed E-state index contributed by atoms with van der Waals surface area (Å²) in [4.78, 5) is 4.54. The zero-order chi connectivity index (χ0) is 12.5. The van der Waals surface area contributed by atoms with E-state index in [-0.39, 0.29) is 5.75 Å². The van der Waals surface area contributed by atoms with Crippen LogP contribution in [0, 0.1) is 0 Å². The van der Waals surface area contributed by atoms with Crippen LogP contribution in [0.3, 0.4) is 0 Å². The fourth-order valence-corrected chi connectivity index (χ4v) is 2.81. The highest BCUT2D eigenvalue weighted by Crippen LogP contribution is 2.32. The number of hydrogen-bond donors (Lipinski definition) is 1. The van der Waals surface area contributed by atoms with Crippen LogP contribution < -0.4 is 5.32 Å². The molecule has 1 radical (unpaired) electrons. The lowest BCUT2D eigenvalue weighted by Crippen LogP contribution is -1.86. The summed E-state index contributed by atoms with van der Waals surface area (Å²) in [5.74, 6) is 0.0308. The number of thiazole rings is 1. The van der Waals surface area contributed by atoms with E-state index in [9.17, 15) is 5.11 Å². The van der Waals surface area contributed by atoms with Crippen LogP contribution in [-0.4, -0.2) is 12.0 Å². The molecule has 0 fully saturated rings. The van der Waals surface area contributed by atoms with Gasteiger partial charge in [0.15, 0.2) is 5.75 Å². The minimum atomic E-state index is 0.0308. The fourth-order valence-electron chi connectivity index (χ4n) is 1.81. The van der Waals surface area contributed by atoms with Gasteiger partial charge in [-0.15, -0.1) is 11.3 Å². The Bertz CT molecular complexity index is 689. The van der Waals surface area contributed by atoms with E-state index in [1.807, 2.05) is 31.3 Å². The molecule has 4 heteroatoms. The fraction of sp³-hybridized carbons (Fsp3) is 0.0714. The van der Waals surface area contributed by atoms with E-state index in [0.29, 0.717) is 0 Å². The average Bonchev–Trinajstić information content (AvgIpc) is 2.81.